The normalized spacial score (nSPS) is 14.8. The Morgan fingerprint density at radius 1 is 1.37 bits per heavy atom. The van der Waals surface area contributed by atoms with Crippen LogP contribution in [0.3, 0.4) is 0 Å². The summed E-state index contributed by atoms with van der Waals surface area (Å²) in [6.07, 6.45) is 4.76. The number of nitrogens with zero attached hydrogens (tertiary/aromatic N) is 3. The van der Waals surface area contributed by atoms with Gasteiger partial charge in [0.25, 0.3) is 0 Å². The Balaban J connectivity index is 2.25. The van der Waals surface area contributed by atoms with Crippen molar-refractivity contribution in [2.24, 2.45) is 5.92 Å². The average molecular weight is 262 g/mol. The monoisotopic (exact) mass is 262 g/mol. The fourth-order valence-electron chi connectivity index (χ4n) is 2.24. The quantitative estimate of drug-likeness (QED) is 0.820. The van der Waals surface area contributed by atoms with E-state index in [-0.39, 0.29) is 0 Å². The predicted octanol–water partition coefficient (Wildman–Crippen LogP) is 3.10. The van der Waals surface area contributed by atoms with Gasteiger partial charge in [0.2, 0.25) is 0 Å². The molecular formula is C15H26N4. The van der Waals surface area contributed by atoms with Crippen molar-refractivity contribution in [3.63, 3.8) is 0 Å². The number of rotatable bonds is 7. The van der Waals surface area contributed by atoms with E-state index >= 15 is 0 Å². The molecule has 4 nitrogen and oxygen atoms in total. The van der Waals surface area contributed by atoms with E-state index in [1.807, 2.05) is 7.05 Å². The van der Waals surface area contributed by atoms with Crippen molar-refractivity contribution in [3.05, 3.63) is 11.9 Å². The highest BCUT2D eigenvalue weighted by molar-refractivity contribution is 5.50. The third-order valence-electron chi connectivity index (χ3n) is 3.56. The molecule has 1 saturated carbocycles. The van der Waals surface area contributed by atoms with Gasteiger partial charge in [0.05, 0.1) is 0 Å². The van der Waals surface area contributed by atoms with Crippen LogP contribution >= 0.6 is 0 Å². The molecule has 0 saturated heterocycles. The first-order valence-corrected chi connectivity index (χ1v) is 7.46. The van der Waals surface area contributed by atoms with E-state index in [1.54, 1.807) is 0 Å². The Morgan fingerprint density at radius 2 is 2.11 bits per heavy atom. The molecule has 1 aliphatic rings. The smallest absolute Gasteiger partial charge is 0.134 e. The van der Waals surface area contributed by atoms with Crippen LogP contribution in [0.15, 0.2) is 6.07 Å². The van der Waals surface area contributed by atoms with Crippen LogP contribution in [-0.2, 0) is 6.42 Å². The summed E-state index contributed by atoms with van der Waals surface area (Å²) in [5, 5.41) is 3.15. The second-order valence-corrected chi connectivity index (χ2v) is 5.72. The molecule has 0 aliphatic heterocycles. The third kappa shape index (κ3) is 3.82. The number of hydrogen-bond donors (Lipinski definition) is 1. The Morgan fingerprint density at radius 3 is 2.63 bits per heavy atom. The first kappa shape index (κ1) is 14.1. The van der Waals surface area contributed by atoms with Crippen molar-refractivity contribution in [2.75, 3.05) is 23.8 Å². The van der Waals surface area contributed by atoms with Gasteiger partial charge in [-0.3, -0.25) is 0 Å². The summed E-state index contributed by atoms with van der Waals surface area (Å²) in [5.74, 6) is 3.82. The number of aromatic nitrogens is 2. The maximum atomic E-state index is 4.75. The number of aryl methyl sites for hydroxylation is 1. The second kappa shape index (κ2) is 6.22. The number of anilines is 2. The van der Waals surface area contributed by atoms with Gasteiger partial charge in [-0.1, -0.05) is 6.92 Å². The third-order valence-corrected chi connectivity index (χ3v) is 3.56. The molecular weight excluding hydrogens is 236 g/mol. The zero-order valence-corrected chi connectivity index (χ0v) is 12.6. The molecule has 19 heavy (non-hydrogen) atoms. The topological polar surface area (TPSA) is 41.1 Å². The van der Waals surface area contributed by atoms with Crippen molar-refractivity contribution < 1.29 is 0 Å². The molecule has 0 unspecified atom stereocenters. The fourth-order valence-corrected chi connectivity index (χ4v) is 2.24. The molecule has 1 aromatic rings. The lowest BCUT2D eigenvalue weighted by atomic mass is 10.2. The second-order valence-electron chi connectivity index (χ2n) is 5.72. The summed E-state index contributed by atoms with van der Waals surface area (Å²) >= 11 is 0. The first-order chi connectivity index (χ1) is 9.13. The molecule has 1 heterocycles. The zero-order valence-electron chi connectivity index (χ0n) is 12.6. The van der Waals surface area contributed by atoms with E-state index in [9.17, 15) is 0 Å². The van der Waals surface area contributed by atoms with Gasteiger partial charge in [0.1, 0.15) is 17.5 Å². The van der Waals surface area contributed by atoms with Crippen LogP contribution in [-0.4, -0.2) is 29.6 Å². The van der Waals surface area contributed by atoms with Crippen LogP contribution < -0.4 is 10.2 Å². The first-order valence-electron chi connectivity index (χ1n) is 7.46. The molecule has 0 spiro atoms. The van der Waals surface area contributed by atoms with Crippen molar-refractivity contribution in [2.45, 2.75) is 52.5 Å². The van der Waals surface area contributed by atoms with Gasteiger partial charge in [-0.2, -0.15) is 0 Å². The van der Waals surface area contributed by atoms with Crippen LogP contribution in [0.1, 0.15) is 45.9 Å². The average Bonchev–Trinajstić information content (AvgIpc) is 3.19. The van der Waals surface area contributed by atoms with Crippen molar-refractivity contribution in [3.8, 4) is 0 Å². The van der Waals surface area contributed by atoms with E-state index in [0.717, 1.165) is 42.8 Å². The molecule has 0 bridgehead atoms. The Labute approximate surface area is 116 Å². The van der Waals surface area contributed by atoms with Gasteiger partial charge < -0.3 is 10.2 Å². The summed E-state index contributed by atoms with van der Waals surface area (Å²) in [7, 11) is 1.92. The lowest BCUT2D eigenvalue weighted by Crippen LogP contribution is -2.33. The van der Waals surface area contributed by atoms with Crippen LogP contribution in [0, 0.1) is 5.92 Å². The van der Waals surface area contributed by atoms with E-state index in [4.69, 9.17) is 4.98 Å². The largest absolute Gasteiger partial charge is 0.373 e. The highest BCUT2D eigenvalue weighted by Crippen LogP contribution is 2.32. The van der Waals surface area contributed by atoms with E-state index in [0.29, 0.717) is 6.04 Å². The Hall–Kier alpha value is -1.32. The summed E-state index contributed by atoms with van der Waals surface area (Å²) in [5.41, 5.74) is 0. The SMILES string of the molecule is CCCc1nc(NC)cc(N(CC2CC2)C(C)C)n1. The molecule has 0 radical (unpaired) electrons. The van der Waals surface area contributed by atoms with Crippen molar-refractivity contribution >= 4 is 11.6 Å². The zero-order chi connectivity index (χ0) is 13.8. The predicted molar refractivity (Wildman–Crippen MR) is 80.8 cm³/mol. The molecule has 1 aromatic heterocycles. The molecule has 106 valence electrons. The molecule has 0 amide bonds. The summed E-state index contributed by atoms with van der Waals surface area (Å²) in [4.78, 5) is 11.7. The summed E-state index contributed by atoms with van der Waals surface area (Å²) < 4.78 is 0. The Bertz CT molecular complexity index is 413. The van der Waals surface area contributed by atoms with Crippen LogP contribution in [0.5, 0.6) is 0 Å². The highest BCUT2D eigenvalue weighted by Gasteiger charge is 2.26. The highest BCUT2D eigenvalue weighted by atomic mass is 15.2. The maximum Gasteiger partial charge on any atom is 0.134 e. The van der Waals surface area contributed by atoms with Gasteiger partial charge in [0.15, 0.2) is 0 Å². The van der Waals surface area contributed by atoms with Gasteiger partial charge in [-0.15, -0.1) is 0 Å². The van der Waals surface area contributed by atoms with Gasteiger partial charge in [-0.25, -0.2) is 9.97 Å². The minimum atomic E-state index is 0.481. The van der Waals surface area contributed by atoms with Crippen LogP contribution in [0.4, 0.5) is 11.6 Å². The maximum absolute atomic E-state index is 4.75. The molecule has 0 atom stereocenters. The number of hydrogen-bond acceptors (Lipinski definition) is 4. The summed E-state index contributed by atoms with van der Waals surface area (Å²) in [6.45, 7) is 7.77. The van der Waals surface area contributed by atoms with Gasteiger partial charge >= 0.3 is 0 Å². The van der Waals surface area contributed by atoms with E-state index in [1.165, 1.54) is 12.8 Å². The lowest BCUT2D eigenvalue weighted by molar-refractivity contribution is 0.633. The molecule has 4 heteroatoms. The fraction of sp³-hybridized carbons (Fsp3) is 0.733. The van der Waals surface area contributed by atoms with Crippen LogP contribution in [0.25, 0.3) is 0 Å². The molecule has 1 aliphatic carbocycles. The summed E-state index contributed by atoms with van der Waals surface area (Å²) in [6, 6.07) is 2.55. The molecule has 1 fully saturated rings. The van der Waals surface area contributed by atoms with E-state index < -0.39 is 0 Å². The van der Waals surface area contributed by atoms with Gasteiger partial charge in [-0.05, 0) is 39.0 Å². The van der Waals surface area contributed by atoms with Crippen LogP contribution in [0.2, 0.25) is 0 Å². The lowest BCUT2D eigenvalue weighted by Gasteiger charge is -2.28. The van der Waals surface area contributed by atoms with Crippen molar-refractivity contribution in [1.29, 1.82) is 0 Å². The molecule has 0 aromatic carbocycles. The molecule has 2 rings (SSSR count). The number of nitrogens with one attached hydrogen (secondary N) is 1. The molecule has 1 N–H and O–H groups in total. The standard InChI is InChI=1S/C15H26N4/c1-5-6-13-17-14(16-4)9-15(18-13)19(11(2)3)10-12-7-8-12/h9,11-12H,5-8,10H2,1-4H3,(H,16,17,18). The Kier molecular flexibility index (Phi) is 4.61. The van der Waals surface area contributed by atoms with Gasteiger partial charge in [0, 0.05) is 32.1 Å². The van der Waals surface area contributed by atoms with Crippen molar-refractivity contribution in [1.82, 2.24) is 9.97 Å². The minimum Gasteiger partial charge on any atom is -0.373 e. The van der Waals surface area contributed by atoms with E-state index in [2.05, 4.69) is 42.0 Å². The minimum absolute atomic E-state index is 0.481.